The quantitative estimate of drug-likeness (QED) is 0.766. The Kier molecular flexibility index (Phi) is 5.51. The topological polar surface area (TPSA) is 59.9 Å². The molecule has 1 aliphatic rings. The van der Waals surface area contributed by atoms with Crippen LogP contribution in [0.1, 0.15) is 50.9 Å². The Morgan fingerprint density at radius 2 is 1.84 bits per heavy atom. The van der Waals surface area contributed by atoms with Gasteiger partial charge in [-0.1, -0.05) is 26.7 Å². The molecule has 0 unspecified atom stereocenters. The lowest BCUT2D eigenvalue weighted by molar-refractivity contribution is 0.0658. The molecule has 1 aliphatic carbocycles. The van der Waals surface area contributed by atoms with Crippen LogP contribution in [-0.2, 0) is 17.6 Å². The number of ether oxygens (including phenoxy) is 1. The maximum Gasteiger partial charge on any atom is 0.243 e. The molecular weight excluding hydrogens is 240 g/mol. The Bertz CT molecular complexity index is 391. The van der Waals surface area contributed by atoms with Crippen LogP contribution in [0.15, 0.2) is 0 Å². The highest BCUT2D eigenvalue weighted by molar-refractivity contribution is 5.25. The van der Waals surface area contributed by atoms with E-state index in [9.17, 15) is 0 Å². The summed E-state index contributed by atoms with van der Waals surface area (Å²) in [7, 11) is 0. The lowest BCUT2D eigenvalue weighted by Crippen LogP contribution is -2.17. The molecular formula is C14H24N4O. The van der Waals surface area contributed by atoms with Crippen LogP contribution in [0, 0.1) is 0 Å². The van der Waals surface area contributed by atoms with Crippen LogP contribution in [0.3, 0.4) is 0 Å². The highest BCUT2D eigenvalue weighted by Crippen LogP contribution is 2.20. The molecule has 1 N–H and O–H groups in total. The lowest BCUT2D eigenvalue weighted by atomic mass is 10.2. The molecule has 5 heteroatoms. The van der Waals surface area contributed by atoms with E-state index in [-0.39, 0.29) is 0 Å². The van der Waals surface area contributed by atoms with Crippen molar-refractivity contribution in [3.05, 3.63) is 11.4 Å². The smallest absolute Gasteiger partial charge is 0.243 e. The molecule has 0 radical (unpaired) electrons. The minimum Gasteiger partial charge on any atom is -0.376 e. The zero-order valence-electron chi connectivity index (χ0n) is 12.0. The lowest BCUT2D eigenvalue weighted by Gasteiger charge is -2.11. The van der Waals surface area contributed by atoms with Crippen LogP contribution < -0.4 is 5.32 Å². The minimum atomic E-state index is 0.467. The SMILES string of the molecule is CCc1nnc(NCCOC2CCCC2)nc1CC. The molecule has 0 bridgehead atoms. The average molecular weight is 264 g/mol. The van der Waals surface area contributed by atoms with E-state index >= 15 is 0 Å². The van der Waals surface area contributed by atoms with Gasteiger partial charge in [0, 0.05) is 6.54 Å². The second kappa shape index (κ2) is 7.38. The van der Waals surface area contributed by atoms with Crippen molar-refractivity contribution in [2.75, 3.05) is 18.5 Å². The van der Waals surface area contributed by atoms with E-state index in [2.05, 4.69) is 34.3 Å². The van der Waals surface area contributed by atoms with Gasteiger partial charge < -0.3 is 10.1 Å². The van der Waals surface area contributed by atoms with Crippen molar-refractivity contribution in [2.45, 2.75) is 58.5 Å². The van der Waals surface area contributed by atoms with Gasteiger partial charge in [-0.25, -0.2) is 4.98 Å². The molecule has 0 atom stereocenters. The van der Waals surface area contributed by atoms with E-state index in [1.807, 2.05) is 0 Å². The van der Waals surface area contributed by atoms with Crippen LogP contribution in [-0.4, -0.2) is 34.4 Å². The van der Waals surface area contributed by atoms with E-state index in [4.69, 9.17) is 4.74 Å². The Labute approximate surface area is 115 Å². The average Bonchev–Trinajstić information content (AvgIpc) is 2.96. The summed E-state index contributed by atoms with van der Waals surface area (Å²) in [6.07, 6.45) is 7.29. The van der Waals surface area contributed by atoms with E-state index in [0.29, 0.717) is 18.7 Å². The molecule has 19 heavy (non-hydrogen) atoms. The molecule has 1 aromatic rings. The summed E-state index contributed by atoms with van der Waals surface area (Å²) in [6, 6.07) is 0. The van der Waals surface area contributed by atoms with Gasteiger partial charge in [-0.15, -0.1) is 5.10 Å². The van der Waals surface area contributed by atoms with Gasteiger partial charge in [0.2, 0.25) is 5.95 Å². The van der Waals surface area contributed by atoms with E-state index in [1.54, 1.807) is 0 Å². The van der Waals surface area contributed by atoms with Crippen LogP contribution in [0.2, 0.25) is 0 Å². The van der Waals surface area contributed by atoms with Gasteiger partial charge in [-0.05, 0) is 25.7 Å². The zero-order valence-corrected chi connectivity index (χ0v) is 12.0. The number of nitrogens with zero attached hydrogens (tertiary/aromatic N) is 3. The van der Waals surface area contributed by atoms with Crippen molar-refractivity contribution in [1.29, 1.82) is 0 Å². The Balaban J connectivity index is 1.75. The maximum atomic E-state index is 5.79. The van der Waals surface area contributed by atoms with Crippen LogP contribution in [0.25, 0.3) is 0 Å². The molecule has 2 rings (SSSR count). The predicted molar refractivity (Wildman–Crippen MR) is 75.3 cm³/mol. The van der Waals surface area contributed by atoms with Crippen molar-refractivity contribution in [3.63, 3.8) is 0 Å². The van der Waals surface area contributed by atoms with Gasteiger partial charge in [-0.2, -0.15) is 5.10 Å². The Hall–Kier alpha value is -1.23. The molecule has 0 spiro atoms. The molecule has 0 saturated heterocycles. The monoisotopic (exact) mass is 264 g/mol. The standard InChI is InChI=1S/C14H24N4O/c1-3-12-13(4-2)17-18-14(16-12)15-9-10-19-11-7-5-6-8-11/h11H,3-10H2,1-2H3,(H,15,16,18). The second-order valence-electron chi connectivity index (χ2n) is 4.94. The number of hydrogen-bond acceptors (Lipinski definition) is 5. The van der Waals surface area contributed by atoms with E-state index in [0.717, 1.165) is 30.8 Å². The van der Waals surface area contributed by atoms with Crippen molar-refractivity contribution >= 4 is 5.95 Å². The summed E-state index contributed by atoms with van der Waals surface area (Å²) in [5, 5.41) is 11.5. The molecule has 1 fully saturated rings. The highest BCUT2D eigenvalue weighted by Gasteiger charge is 2.14. The summed E-state index contributed by atoms with van der Waals surface area (Å²) in [4.78, 5) is 4.49. The number of anilines is 1. The first-order chi connectivity index (χ1) is 9.33. The summed E-state index contributed by atoms with van der Waals surface area (Å²) < 4.78 is 5.79. The molecule has 1 heterocycles. The number of rotatable bonds is 7. The fraction of sp³-hybridized carbons (Fsp3) is 0.786. The Morgan fingerprint density at radius 1 is 1.11 bits per heavy atom. The zero-order chi connectivity index (χ0) is 13.5. The maximum absolute atomic E-state index is 5.79. The molecule has 0 aromatic carbocycles. The molecule has 106 valence electrons. The highest BCUT2D eigenvalue weighted by atomic mass is 16.5. The first-order valence-electron chi connectivity index (χ1n) is 7.41. The van der Waals surface area contributed by atoms with Crippen LogP contribution >= 0.6 is 0 Å². The number of hydrogen-bond donors (Lipinski definition) is 1. The van der Waals surface area contributed by atoms with Crippen LogP contribution in [0.4, 0.5) is 5.95 Å². The summed E-state index contributed by atoms with van der Waals surface area (Å²) in [5.41, 5.74) is 2.03. The van der Waals surface area contributed by atoms with Crippen molar-refractivity contribution in [1.82, 2.24) is 15.2 Å². The second-order valence-corrected chi connectivity index (χ2v) is 4.94. The molecule has 1 saturated carbocycles. The van der Waals surface area contributed by atoms with Gasteiger partial charge in [-0.3, -0.25) is 0 Å². The largest absolute Gasteiger partial charge is 0.376 e. The van der Waals surface area contributed by atoms with E-state index in [1.165, 1.54) is 25.7 Å². The van der Waals surface area contributed by atoms with Gasteiger partial charge in [0.25, 0.3) is 0 Å². The van der Waals surface area contributed by atoms with E-state index < -0.39 is 0 Å². The third kappa shape index (κ3) is 4.13. The molecule has 1 aromatic heterocycles. The third-order valence-electron chi connectivity index (χ3n) is 3.55. The van der Waals surface area contributed by atoms with Gasteiger partial charge in [0.1, 0.15) is 0 Å². The van der Waals surface area contributed by atoms with Crippen molar-refractivity contribution in [2.24, 2.45) is 0 Å². The fourth-order valence-electron chi connectivity index (χ4n) is 2.46. The third-order valence-corrected chi connectivity index (χ3v) is 3.55. The molecule has 5 nitrogen and oxygen atoms in total. The van der Waals surface area contributed by atoms with Gasteiger partial charge in [0.15, 0.2) is 0 Å². The predicted octanol–water partition coefficient (Wildman–Crippen LogP) is 2.37. The number of aryl methyl sites for hydroxylation is 2. The molecule has 0 aliphatic heterocycles. The fourth-order valence-corrected chi connectivity index (χ4v) is 2.46. The normalized spacial score (nSPS) is 15.9. The van der Waals surface area contributed by atoms with Gasteiger partial charge >= 0.3 is 0 Å². The summed E-state index contributed by atoms with van der Waals surface area (Å²) in [6.45, 7) is 5.63. The van der Waals surface area contributed by atoms with Crippen molar-refractivity contribution in [3.8, 4) is 0 Å². The van der Waals surface area contributed by atoms with Crippen molar-refractivity contribution < 1.29 is 4.74 Å². The number of aromatic nitrogens is 3. The first kappa shape index (κ1) is 14.2. The minimum absolute atomic E-state index is 0.467. The molecule has 0 amide bonds. The first-order valence-corrected chi connectivity index (χ1v) is 7.41. The Morgan fingerprint density at radius 3 is 2.53 bits per heavy atom. The summed E-state index contributed by atoms with van der Waals surface area (Å²) >= 11 is 0. The summed E-state index contributed by atoms with van der Waals surface area (Å²) in [5.74, 6) is 0.615. The van der Waals surface area contributed by atoms with Crippen LogP contribution in [0.5, 0.6) is 0 Å². The number of nitrogens with one attached hydrogen (secondary N) is 1. The van der Waals surface area contributed by atoms with Gasteiger partial charge in [0.05, 0.1) is 24.1 Å².